The van der Waals surface area contributed by atoms with E-state index in [1.54, 1.807) is 24.5 Å². The van der Waals surface area contributed by atoms with Gasteiger partial charge >= 0.3 is 12.1 Å². The minimum atomic E-state index is -4.77. The van der Waals surface area contributed by atoms with Crippen LogP contribution in [0.2, 0.25) is 0 Å². The largest absolute Gasteiger partial charge is 0.480 e. The predicted molar refractivity (Wildman–Crippen MR) is 134 cm³/mol. The minimum absolute atomic E-state index is 0.214. The van der Waals surface area contributed by atoms with Gasteiger partial charge in [-0.05, 0) is 59.4 Å². The summed E-state index contributed by atoms with van der Waals surface area (Å²) in [5.41, 5.74) is 1.52. The molecule has 0 radical (unpaired) electrons. The van der Waals surface area contributed by atoms with Gasteiger partial charge in [-0.2, -0.15) is 13.2 Å². The lowest BCUT2D eigenvalue weighted by atomic mass is 9.92. The summed E-state index contributed by atoms with van der Waals surface area (Å²) in [7, 11) is 0. The normalized spacial score (nSPS) is 18.9. The molecular formula is C28H30F3N3O3. The van der Waals surface area contributed by atoms with Crippen LogP contribution >= 0.6 is 0 Å². The van der Waals surface area contributed by atoms with Crippen molar-refractivity contribution < 1.29 is 28.2 Å². The van der Waals surface area contributed by atoms with Crippen molar-refractivity contribution in [3.05, 3.63) is 89.2 Å². The number of rotatable bonds is 7. The molecule has 4 rings (SSSR count). The van der Waals surface area contributed by atoms with E-state index < -0.39 is 23.8 Å². The van der Waals surface area contributed by atoms with Crippen LogP contribution in [0.5, 0.6) is 0 Å². The number of hydrogen-bond donors (Lipinski definition) is 2. The minimum Gasteiger partial charge on any atom is -0.480 e. The Hall–Kier alpha value is -3.27. The molecule has 2 unspecified atom stereocenters. The maximum absolute atomic E-state index is 13.1. The average molecular weight is 514 g/mol. The van der Waals surface area contributed by atoms with E-state index in [0.29, 0.717) is 26.2 Å². The molecule has 0 aliphatic carbocycles. The molecule has 1 aliphatic heterocycles. The lowest BCUT2D eigenvalue weighted by molar-refractivity contribution is -0.258. The van der Waals surface area contributed by atoms with Gasteiger partial charge in [-0.15, -0.1) is 0 Å². The van der Waals surface area contributed by atoms with E-state index in [-0.39, 0.29) is 5.56 Å². The van der Waals surface area contributed by atoms with E-state index in [0.717, 1.165) is 41.3 Å². The van der Waals surface area contributed by atoms with Gasteiger partial charge in [0.05, 0.1) is 0 Å². The van der Waals surface area contributed by atoms with Gasteiger partial charge in [-0.25, -0.2) is 0 Å². The number of nitrogens with zero attached hydrogens (tertiary/aromatic N) is 3. The number of carboxylic acids is 1. The fraction of sp³-hybridized carbons (Fsp3) is 0.357. The lowest BCUT2D eigenvalue weighted by Gasteiger charge is -2.39. The molecule has 0 saturated carbocycles. The molecule has 0 amide bonds. The highest BCUT2D eigenvalue weighted by Gasteiger charge is 2.51. The standard InChI is InChI=1S/C28H30F3N3O3/c1-19-15-21(3-8-24(19)22-4-6-23(7-5-22)27(2,37)28(29,30)31)16-33-13-14-34(25(18-33)26(35)36)17-20-9-11-32-12-10-20/h3-12,15,25,37H,13-14,16-18H2,1-2H3,(H,35,36). The smallest absolute Gasteiger partial charge is 0.421 e. The Labute approximate surface area is 214 Å². The molecule has 2 atom stereocenters. The number of hydrogen-bond acceptors (Lipinski definition) is 5. The third kappa shape index (κ3) is 6.01. The van der Waals surface area contributed by atoms with Gasteiger partial charge in [0.15, 0.2) is 5.60 Å². The summed E-state index contributed by atoms with van der Waals surface area (Å²) in [6, 6.07) is 14.8. The van der Waals surface area contributed by atoms with Crippen LogP contribution in [0, 0.1) is 6.92 Å². The molecular weight excluding hydrogens is 483 g/mol. The molecule has 3 aromatic rings. The second-order valence-corrected chi connectivity index (χ2v) is 9.71. The van der Waals surface area contributed by atoms with E-state index in [1.807, 2.05) is 42.2 Å². The number of piperazine rings is 1. The Morgan fingerprint density at radius 2 is 1.68 bits per heavy atom. The highest BCUT2D eigenvalue weighted by Crippen LogP contribution is 2.39. The third-order valence-corrected chi connectivity index (χ3v) is 7.00. The number of aryl methyl sites for hydroxylation is 1. The van der Waals surface area contributed by atoms with Gasteiger partial charge in [0.1, 0.15) is 6.04 Å². The number of carbonyl (C=O) groups is 1. The molecule has 2 aromatic carbocycles. The average Bonchev–Trinajstić information content (AvgIpc) is 2.85. The summed E-state index contributed by atoms with van der Waals surface area (Å²) in [5, 5.41) is 19.7. The van der Waals surface area contributed by atoms with E-state index in [2.05, 4.69) is 9.88 Å². The Balaban J connectivity index is 1.43. The molecule has 0 spiro atoms. The summed E-state index contributed by atoms with van der Waals surface area (Å²) in [6.07, 6.45) is -1.36. The quantitative estimate of drug-likeness (QED) is 0.481. The Kier molecular flexibility index (Phi) is 7.68. The molecule has 1 fully saturated rings. The summed E-state index contributed by atoms with van der Waals surface area (Å²) in [6.45, 7) is 5.60. The van der Waals surface area contributed by atoms with Crippen LogP contribution in [0.15, 0.2) is 67.0 Å². The van der Waals surface area contributed by atoms with Crippen molar-refractivity contribution in [2.45, 2.75) is 44.8 Å². The van der Waals surface area contributed by atoms with E-state index >= 15 is 0 Å². The van der Waals surface area contributed by atoms with Crippen molar-refractivity contribution in [3.63, 3.8) is 0 Å². The monoisotopic (exact) mass is 513 g/mol. The van der Waals surface area contributed by atoms with Crippen LogP contribution in [0.3, 0.4) is 0 Å². The number of halogens is 3. The van der Waals surface area contributed by atoms with Crippen LogP contribution in [0.25, 0.3) is 11.1 Å². The highest BCUT2D eigenvalue weighted by atomic mass is 19.4. The van der Waals surface area contributed by atoms with Crippen molar-refractivity contribution in [2.24, 2.45) is 0 Å². The van der Waals surface area contributed by atoms with E-state index in [1.165, 1.54) is 12.1 Å². The van der Waals surface area contributed by atoms with E-state index in [9.17, 15) is 28.2 Å². The fourth-order valence-electron chi connectivity index (χ4n) is 4.71. The number of aliphatic hydroxyl groups is 1. The maximum Gasteiger partial charge on any atom is 0.421 e. The van der Waals surface area contributed by atoms with Crippen molar-refractivity contribution in [1.29, 1.82) is 0 Å². The van der Waals surface area contributed by atoms with Gasteiger partial charge < -0.3 is 10.2 Å². The second-order valence-electron chi connectivity index (χ2n) is 9.71. The first kappa shape index (κ1) is 26.8. The number of alkyl halides is 3. The maximum atomic E-state index is 13.1. The fourth-order valence-corrected chi connectivity index (χ4v) is 4.71. The predicted octanol–water partition coefficient (Wildman–Crippen LogP) is 4.60. The zero-order chi connectivity index (χ0) is 26.8. The van der Waals surface area contributed by atoms with Crippen molar-refractivity contribution in [3.8, 4) is 11.1 Å². The molecule has 2 heterocycles. The van der Waals surface area contributed by atoms with Crippen LogP contribution in [-0.4, -0.2) is 62.8 Å². The number of carboxylic acid groups (broad SMARTS) is 1. The molecule has 1 aromatic heterocycles. The lowest BCUT2D eigenvalue weighted by Crippen LogP contribution is -2.55. The summed E-state index contributed by atoms with van der Waals surface area (Å²) >= 11 is 0. The number of aliphatic carboxylic acids is 1. The van der Waals surface area contributed by atoms with Crippen LogP contribution < -0.4 is 0 Å². The highest BCUT2D eigenvalue weighted by molar-refractivity contribution is 5.74. The van der Waals surface area contributed by atoms with Gasteiger partial charge in [-0.1, -0.05) is 42.5 Å². The van der Waals surface area contributed by atoms with Crippen LogP contribution in [-0.2, 0) is 23.5 Å². The number of aromatic nitrogens is 1. The van der Waals surface area contributed by atoms with Gasteiger partial charge in [0.25, 0.3) is 0 Å². The zero-order valence-corrected chi connectivity index (χ0v) is 20.7. The molecule has 37 heavy (non-hydrogen) atoms. The molecule has 6 nitrogen and oxygen atoms in total. The van der Waals surface area contributed by atoms with Crippen molar-refractivity contribution in [1.82, 2.24) is 14.8 Å². The first-order valence-electron chi connectivity index (χ1n) is 12.0. The Morgan fingerprint density at radius 3 is 2.27 bits per heavy atom. The summed E-state index contributed by atoms with van der Waals surface area (Å²) in [4.78, 5) is 20.1. The number of pyridine rings is 1. The van der Waals surface area contributed by atoms with Crippen molar-refractivity contribution in [2.75, 3.05) is 19.6 Å². The summed E-state index contributed by atoms with van der Waals surface area (Å²) in [5.74, 6) is -0.849. The number of benzene rings is 2. The SMILES string of the molecule is Cc1cc(CN2CCN(Cc3ccncc3)C(C(=O)O)C2)ccc1-c1ccc(C(C)(O)C(F)(F)F)cc1. The molecule has 1 aliphatic rings. The van der Waals surface area contributed by atoms with Crippen molar-refractivity contribution >= 4 is 5.97 Å². The second kappa shape index (κ2) is 10.6. The zero-order valence-electron chi connectivity index (χ0n) is 20.7. The third-order valence-electron chi connectivity index (χ3n) is 7.00. The molecule has 1 saturated heterocycles. The molecule has 0 bridgehead atoms. The molecule has 196 valence electrons. The van der Waals surface area contributed by atoms with Gasteiger partial charge in [-0.3, -0.25) is 19.6 Å². The van der Waals surface area contributed by atoms with Gasteiger partial charge in [0, 0.05) is 45.1 Å². The Bertz CT molecular complexity index is 1230. The Morgan fingerprint density at radius 1 is 1.00 bits per heavy atom. The van der Waals surface area contributed by atoms with Crippen LogP contribution in [0.4, 0.5) is 13.2 Å². The summed E-state index contributed by atoms with van der Waals surface area (Å²) < 4.78 is 39.4. The first-order chi connectivity index (χ1) is 17.5. The molecule has 2 N–H and O–H groups in total. The topological polar surface area (TPSA) is 76.9 Å². The van der Waals surface area contributed by atoms with Gasteiger partial charge in [0.2, 0.25) is 0 Å². The van der Waals surface area contributed by atoms with E-state index in [4.69, 9.17) is 0 Å². The first-order valence-corrected chi connectivity index (χ1v) is 12.0. The van der Waals surface area contributed by atoms with Crippen LogP contribution in [0.1, 0.15) is 29.2 Å². The molecule has 9 heteroatoms.